The Morgan fingerprint density at radius 1 is 1.10 bits per heavy atom. The van der Waals surface area contributed by atoms with Crippen LogP contribution in [-0.4, -0.2) is 61.6 Å². The molecule has 30 heavy (non-hydrogen) atoms. The number of rotatable bonds is 3. The fourth-order valence-corrected chi connectivity index (χ4v) is 4.04. The standard InChI is InChI=1S/C21H23N7O2/c1-14-15(20(30)28-18(23-14)7-8-22-28)13-19(29)26-9-4-10-27(12-11-26)21-24-16-5-2-3-6-17(16)25-21/h2-3,5-8,22H,4,9-13H2,1H3,(H,24,25). The maximum absolute atomic E-state index is 13.0. The number of aryl methyl sites for hydroxylation is 1. The average molecular weight is 405 g/mol. The Morgan fingerprint density at radius 2 is 1.97 bits per heavy atom. The molecular formula is C21H23N7O2. The van der Waals surface area contributed by atoms with Crippen LogP contribution in [0.3, 0.4) is 0 Å². The number of hydrogen-bond acceptors (Lipinski definition) is 5. The molecule has 0 bridgehead atoms. The number of H-pyrrole nitrogens is 2. The molecule has 0 radical (unpaired) electrons. The van der Waals surface area contributed by atoms with E-state index in [4.69, 9.17) is 0 Å². The largest absolute Gasteiger partial charge is 0.341 e. The summed E-state index contributed by atoms with van der Waals surface area (Å²) in [6.07, 6.45) is 2.56. The van der Waals surface area contributed by atoms with E-state index in [-0.39, 0.29) is 17.9 Å². The van der Waals surface area contributed by atoms with Gasteiger partial charge >= 0.3 is 0 Å². The van der Waals surface area contributed by atoms with Gasteiger partial charge in [-0.3, -0.25) is 14.7 Å². The SMILES string of the molecule is Cc1nc2cc[nH]n2c(=O)c1CC(=O)N1CCCN(c2nc3ccccc3[nH]2)CC1. The molecule has 0 saturated carbocycles. The van der Waals surface area contributed by atoms with Crippen molar-refractivity contribution in [2.75, 3.05) is 31.1 Å². The first-order valence-electron chi connectivity index (χ1n) is 10.1. The fraction of sp³-hybridized carbons (Fsp3) is 0.333. The van der Waals surface area contributed by atoms with Crippen LogP contribution in [0, 0.1) is 6.92 Å². The molecule has 1 fully saturated rings. The molecule has 1 aromatic carbocycles. The van der Waals surface area contributed by atoms with Gasteiger partial charge in [-0.15, -0.1) is 0 Å². The third-order valence-electron chi connectivity index (χ3n) is 5.70. The lowest BCUT2D eigenvalue weighted by Gasteiger charge is -2.22. The molecule has 1 aliphatic rings. The van der Waals surface area contributed by atoms with Gasteiger partial charge in [0.05, 0.1) is 17.5 Å². The number of imidazole rings is 1. The maximum Gasteiger partial charge on any atom is 0.276 e. The minimum Gasteiger partial charge on any atom is -0.341 e. The number of para-hydroxylation sites is 2. The van der Waals surface area contributed by atoms with Crippen LogP contribution >= 0.6 is 0 Å². The molecule has 9 nitrogen and oxygen atoms in total. The summed E-state index contributed by atoms with van der Waals surface area (Å²) in [5, 5.41) is 2.85. The van der Waals surface area contributed by atoms with Gasteiger partial charge in [0, 0.05) is 49.7 Å². The lowest BCUT2D eigenvalue weighted by molar-refractivity contribution is -0.130. The number of amides is 1. The summed E-state index contributed by atoms with van der Waals surface area (Å²) in [7, 11) is 0. The van der Waals surface area contributed by atoms with Crippen LogP contribution in [0.5, 0.6) is 0 Å². The van der Waals surface area contributed by atoms with Gasteiger partial charge in [0.15, 0.2) is 5.65 Å². The lowest BCUT2D eigenvalue weighted by Crippen LogP contribution is -2.37. The van der Waals surface area contributed by atoms with E-state index >= 15 is 0 Å². The smallest absolute Gasteiger partial charge is 0.276 e. The molecule has 0 atom stereocenters. The second kappa shape index (κ2) is 7.33. The molecule has 154 valence electrons. The van der Waals surface area contributed by atoms with Crippen molar-refractivity contribution in [2.24, 2.45) is 0 Å². The number of hydrogen-bond donors (Lipinski definition) is 2. The third-order valence-corrected chi connectivity index (χ3v) is 5.70. The van der Waals surface area contributed by atoms with Crippen LogP contribution in [0.2, 0.25) is 0 Å². The molecule has 0 spiro atoms. The highest BCUT2D eigenvalue weighted by atomic mass is 16.2. The summed E-state index contributed by atoms with van der Waals surface area (Å²) < 4.78 is 1.38. The van der Waals surface area contributed by atoms with Crippen LogP contribution < -0.4 is 10.5 Å². The first-order valence-corrected chi connectivity index (χ1v) is 10.1. The van der Waals surface area contributed by atoms with Gasteiger partial charge < -0.3 is 14.8 Å². The number of aromatic amines is 2. The Balaban J connectivity index is 1.31. The van der Waals surface area contributed by atoms with Crippen molar-refractivity contribution in [1.82, 2.24) is 29.5 Å². The van der Waals surface area contributed by atoms with E-state index in [9.17, 15) is 9.59 Å². The van der Waals surface area contributed by atoms with E-state index in [1.807, 2.05) is 29.2 Å². The molecule has 0 aliphatic carbocycles. The molecule has 0 unspecified atom stereocenters. The van der Waals surface area contributed by atoms with Crippen LogP contribution in [0.1, 0.15) is 17.7 Å². The molecule has 5 rings (SSSR count). The number of carbonyl (C=O) groups excluding carboxylic acids is 1. The number of nitrogens with one attached hydrogen (secondary N) is 2. The Labute approximate surface area is 172 Å². The first kappa shape index (κ1) is 18.4. The molecule has 9 heteroatoms. The first-order chi connectivity index (χ1) is 14.6. The predicted molar refractivity (Wildman–Crippen MR) is 114 cm³/mol. The fourth-order valence-electron chi connectivity index (χ4n) is 4.04. The molecule has 4 aromatic rings. The summed E-state index contributed by atoms with van der Waals surface area (Å²) in [5.41, 5.74) is 3.34. The van der Waals surface area contributed by atoms with Gasteiger partial charge in [-0.2, -0.15) is 0 Å². The lowest BCUT2D eigenvalue weighted by atomic mass is 10.1. The number of anilines is 1. The van der Waals surface area contributed by atoms with Gasteiger partial charge in [-0.1, -0.05) is 12.1 Å². The number of carbonyl (C=O) groups is 1. The highest BCUT2D eigenvalue weighted by Gasteiger charge is 2.23. The summed E-state index contributed by atoms with van der Waals surface area (Å²) in [5.74, 6) is 0.788. The van der Waals surface area contributed by atoms with E-state index in [0.717, 1.165) is 29.9 Å². The van der Waals surface area contributed by atoms with E-state index in [0.29, 0.717) is 36.5 Å². The molecule has 1 saturated heterocycles. The summed E-state index contributed by atoms with van der Waals surface area (Å²) in [6.45, 7) is 4.55. The number of aromatic nitrogens is 5. The molecule has 4 heterocycles. The van der Waals surface area contributed by atoms with E-state index in [1.54, 1.807) is 19.2 Å². The predicted octanol–water partition coefficient (Wildman–Crippen LogP) is 1.49. The van der Waals surface area contributed by atoms with Crippen LogP contribution in [0.25, 0.3) is 16.7 Å². The van der Waals surface area contributed by atoms with E-state index in [1.165, 1.54) is 4.52 Å². The maximum atomic E-state index is 13.0. The van der Waals surface area contributed by atoms with Crippen molar-refractivity contribution in [3.05, 3.63) is 58.1 Å². The highest BCUT2D eigenvalue weighted by molar-refractivity contribution is 5.79. The number of benzene rings is 1. The summed E-state index contributed by atoms with van der Waals surface area (Å²) >= 11 is 0. The van der Waals surface area contributed by atoms with Gasteiger partial charge in [-0.25, -0.2) is 14.5 Å². The second-order valence-corrected chi connectivity index (χ2v) is 7.61. The molecule has 3 aromatic heterocycles. The zero-order chi connectivity index (χ0) is 20.7. The Hall–Kier alpha value is -3.62. The van der Waals surface area contributed by atoms with Gasteiger partial charge in [0.25, 0.3) is 5.56 Å². The normalized spacial score (nSPS) is 15.1. The molecule has 1 amide bonds. The van der Waals surface area contributed by atoms with Crippen molar-refractivity contribution in [2.45, 2.75) is 19.8 Å². The zero-order valence-corrected chi connectivity index (χ0v) is 16.8. The van der Waals surface area contributed by atoms with Crippen LogP contribution in [0.15, 0.2) is 41.3 Å². The summed E-state index contributed by atoms with van der Waals surface area (Å²) in [4.78, 5) is 42.2. The van der Waals surface area contributed by atoms with E-state index < -0.39 is 0 Å². The number of nitrogens with zero attached hydrogens (tertiary/aromatic N) is 5. The highest BCUT2D eigenvalue weighted by Crippen LogP contribution is 2.18. The summed E-state index contributed by atoms with van der Waals surface area (Å²) in [6, 6.07) is 9.69. The van der Waals surface area contributed by atoms with Gasteiger partial charge in [0.2, 0.25) is 11.9 Å². The van der Waals surface area contributed by atoms with E-state index in [2.05, 4.69) is 25.0 Å². The Kier molecular flexibility index (Phi) is 4.50. The van der Waals surface area contributed by atoms with Gasteiger partial charge in [0.1, 0.15) is 0 Å². The van der Waals surface area contributed by atoms with Crippen molar-refractivity contribution >= 4 is 28.5 Å². The number of fused-ring (bicyclic) bond motifs is 2. The van der Waals surface area contributed by atoms with Crippen LogP contribution in [0.4, 0.5) is 5.95 Å². The zero-order valence-electron chi connectivity index (χ0n) is 16.8. The van der Waals surface area contributed by atoms with Crippen molar-refractivity contribution < 1.29 is 4.79 Å². The van der Waals surface area contributed by atoms with Crippen molar-refractivity contribution in [3.8, 4) is 0 Å². The average Bonchev–Trinajstić information content (AvgIpc) is 3.31. The Morgan fingerprint density at radius 3 is 2.83 bits per heavy atom. The second-order valence-electron chi connectivity index (χ2n) is 7.61. The monoisotopic (exact) mass is 405 g/mol. The van der Waals surface area contributed by atoms with Gasteiger partial charge in [-0.05, 0) is 25.5 Å². The Bertz CT molecular complexity index is 1250. The minimum atomic E-state index is -0.213. The quantitative estimate of drug-likeness (QED) is 0.538. The van der Waals surface area contributed by atoms with Crippen LogP contribution in [-0.2, 0) is 11.2 Å². The molecular weight excluding hydrogens is 382 g/mol. The topological polar surface area (TPSA) is 102 Å². The third kappa shape index (κ3) is 3.22. The molecule has 1 aliphatic heterocycles. The van der Waals surface area contributed by atoms with Crippen molar-refractivity contribution in [3.63, 3.8) is 0 Å². The molecule has 2 N–H and O–H groups in total. The van der Waals surface area contributed by atoms with Crippen molar-refractivity contribution in [1.29, 1.82) is 0 Å². The minimum absolute atomic E-state index is 0.0463.